The first-order valence-electron chi connectivity index (χ1n) is 5.61. The van der Waals surface area contributed by atoms with E-state index in [1.807, 2.05) is 13.0 Å². The van der Waals surface area contributed by atoms with E-state index in [1.165, 1.54) is 18.9 Å². The lowest BCUT2D eigenvalue weighted by molar-refractivity contribution is -0.145. The molecular formula is C13H22O2. The van der Waals surface area contributed by atoms with Crippen molar-refractivity contribution < 1.29 is 9.53 Å². The van der Waals surface area contributed by atoms with Gasteiger partial charge in [0.15, 0.2) is 0 Å². The molecule has 2 atom stereocenters. The average Bonchev–Trinajstić information content (AvgIpc) is 2.26. The van der Waals surface area contributed by atoms with Crippen molar-refractivity contribution >= 4 is 5.97 Å². The minimum Gasteiger partial charge on any atom is -0.459 e. The van der Waals surface area contributed by atoms with E-state index >= 15 is 0 Å². The maximum atomic E-state index is 11.1. The Kier molecular flexibility index (Phi) is 7.69. The van der Waals surface area contributed by atoms with Gasteiger partial charge in [-0.1, -0.05) is 39.3 Å². The number of carbonyl (C=O) groups is 1. The molecule has 0 aromatic carbocycles. The Labute approximate surface area is 93.0 Å². The molecule has 0 fully saturated rings. The summed E-state index contributed by atoms with van der Waals surface area (Å²) in [5, 5.41) is 0. The highest BCUT2D eigenvalue weighted by Crippen LogP contribution is 2.16. The maximum absolute atomic E-state index is 11.1. The monoisotopic (exact) mass is 210 g/mol. The van der Waals surface area contributed by atoms with E-state index < -0.39 is 0 Å². The second kappa shape index (κ2) is 8.27. The van der Waals surface area contributed by atoms with Crippen LogP contribution in [0.5, 0.6) is 0 Å². The zero-order valence-electron chi connectivity index (χ0n) is 9.87. The summed E-state index contributed by atoms with van der Waals surface area (Å²) in [6.07, 6.45) is 7.32. The zero-order valence-corrected chi connectivity index (χ0v) is 9.87. The summed E-state index contributed by atoms with van der Waals surface area (Å²) in [5.41, 5.74) is 0. The highest BCUT2D eigenvalue weighted by atomic mass is 16.5. The van der Waals surface area contributed by atoms with E-state index in [0.29, 0.717) is 0 Å². The molecule has 0 saturated carbocycles. The SMILES string of the molecule is C=CC(=O)O[C@@H](CCCCC)[C@H](C)C=C. The molecule has 2 nitrogen and oxygen atoms in total. The number of ether oxygens (including phenoxy) is 1. The van der Waals surface area contributed by atoms with Crippen LogP contribution in [0.1, 0.15) is 39.5 Å². The molecule has 0 unspecified atom stereocenters. The molecule has 0 N–H and O–H groups in total. The van der Waals surface area contributed by atoms with Crippen molar-refractivity contribution in [2.24, 2.45) is 5.92 Å². The Bertz CT molecular complexity index is 209. The molecule has 0 spiro atoms. The Morgan fingerprint density at radius 3 is 2.53 bits per heavy atom. The Balaban J connectivity index is 4.11. The van der Waals surface area contributed by atoms with Crippen LogP contribution in [0.2, 0.25) is 0 Å². The fourth-order valence-electron chi connectivity index (χ4n) is 1.37. The van der Waals surface area contributed by atoms with E-state index in [4.69, 9.17) is 4.74 Å². The molecule has 0 saturated heterocycles. The fraction of sp³-hybridized carbons (Fsp3) is 0.615. The number of unbranched alkanes of at least 4 members (excludes halogenated alkanes) is 2. The first kappa shape index (κ1) is 13.9. The van der Waals surface area contributed by atoms with Crippen molar-refractivity contribution in [3.05, 3.63) is 25.3 Å². The first-order valence-corrected chi connectivity index (χ1v) is 5.61. The molecule has 0 heterocycles. The minimum atomic E-state index is -0.342. The van der Waals surface area contributed by atoms with Crippen molar-refractivity contribution in [1.29, 1.82) is 0 Å². The molecule has 0 rings (SSSR count). The Morgan fingerprint density at radius 1 is 1.40 bits per heavy atom. The van der Waals surface area contributed by atoms with Gasteiger partial charge in [0, 0.05) is 12.0 Å². The topological polar surface area (TPSA) is 26.3 Å². The molecule has 0 aliphatic carbocycles. The summed E-state index contributed by atoms with van der Waals surface area (Å²) in [7, 11) is 0. The third kappa shape index (κ3) is 6.10. The lowest BCUT2D eigenvalue weighted by Crippen LogP contribution is -2.23. The van der Waals surface area contributed by atoms with Gasteiger partial charge in [0.2, 0.25) is 0 Å². The number of hydrogen-bond donors (Lipinski definition) is 0. The molecular weight excluding hydrogens is 188 g/mol. The van der Waals surface area contributed by atoms with Crippen LogP contribution in [-0.4, -0.2) is 12.1 Å². The van der Waals surface area contributed by atoms with Crippen molar-refractivity contribution in [2.75, 3.05) is 0 Å². The van der Waals surface area contributed by atoms with E-state index in [2.05, 4.69) is 20.1 Å². The maximum Gasteiger partial charge on any atom is 0.330 e. The van der Waals surface area contributed by atoms with Gasteiger partial charge in [0.1, 0.15) is 6.10 Å². The van der Waals surface area contributed by atoms with Crippen LogP contribution in [0.25, 0.3) is 0 Å². The summed E-state index contributed by atoms with van der Waals surface area (Å²) in [6.45, 7) is 11.3. The van der Waals surface area contributed by atoms with Crippen molar-refractivity contribution in [3.63, 3.8) is 0 Å². The van der Waals surface area contributed by atoms with Crippen LogP contribution in [0.15, 0.2) is 25.3 Å². The molecule has 0 radical (unpaired) electrons. The van der Waals surface area contributed by atoms with Crippen LogP contribution < -0.4 is 0 Å². The van der Waals surface area contributed by atoms with Gasteiger partial charge in [-0.3, -0.25) is 0 Å². The highest BCUT2D eigenvalue weighted by Gasteiger charge is 2.17. The lowest BCUT2D eigenvalue weighted by atomic mass is 9.99. The second-order valence-electron chi connectivity index (χ2n) is 3.77. The van der Waals surface area contributed by atoms with Gasteiger partial charge >= 0.3 is 5.97 Å². The van der Waals surface area contributed by atoms with E-state index in [-0.39, 0.29) is 18.0 Å². The van der Waals surface area contributed by atoms with Crippen LogP contribution in [0.4, 0.5) is 0 Å². The van der Waals surface area contributed by atoms with Crippen LogP contribution >= 0.6 is 0 Å². The molecule has 86 valence electrons. The first-order chi connectivity index (χ1) is 7.15. The zero-order chi connectivity index (χ0) is 11.7. The fourth-order valence-corrected chi connectivity index (χ4v) is 1.37. The molecule has 15 heavy (non-hydrogen) atoms. The molecule has 0 aromatic heterocycles. The van der Waals surface area contributed by atoms with E-state index in [1.54, 1.807) is 0 Å². The van der Waals surface area contributed by atoms with Crippen LogP contribution in [-0.2, 0) is 9.53 Å². The van der Waals surface area contributed by atoms with Gasteiger partial charge in [0.25, 0.3) is 0 Å². The summed E-state index contributed by atoms with van der Waals surface area (Å²) in [5.74, 6) is -0.143. The minimum absolute atomic E-state index is 0.0560. The summed E-state index contributed by atoms with van der Waals surface area (Å²) in [4.78, 5) is 11.1. The largest absolute Gasteiger partial charge is 0.459 e. The predicted octanol–water partition coefficient (Wildman–Crippen LogP) is 3.49. The predicted molar refractivity (Wildman–Crippen MR) is 63.6 cm³/mol. The highest BCUT2D eigenvalue weighted by molar-refractivity contribution is 5.81. The van der Waals surface area contributed by atoms with Gasteiger partial charge in [0.05, 0.1) is 0 Å². The third-order valence-corrected chi connectivity index (χ3v) is 2.48. The standard InChI is InChI=1S/C13H22O2/c1-5-8-9-10-12(11(4)6-2)15-13(14)7-3/h6-7,11-12H,2-3,5,8-10H2,1,4H3/t11-,12+/m1/s1. The average molecular weight is 210 g/mol. The summed E-state index contributed by atoms with van der Waals surface area (Å²) < 4.78 is 5.27. The molecule has 2 heteroatoms. The van der Waals surface area contributed by atoms with Gasteiger partial charge in [-0.05, 0) is 12.8 Å². The van der Waals surface area contributed by atoms with Gasteiger partial charge in [-0.15, -0.1) is 6.58 Å². The van der Waals surface area contributed by atoms with E-state index in [9.17, 15) is 4.79 Å². The molecule has 0 aromatic rings. The van der Waals surface area contributed by atoms with E-state index in [0.717, 1.165) is 12.8 Å². The number of hydrogen-bond acceptors (Lipinski definition) is 2. The van der Waals surface area contributed by atoms with Gasteiger partial charge in [-0.25, -0.2) is 4.79 Å². The van der Waals surface area contributed by atoms with Crippen molar-refractivity contribution in [1.82, 2.24) is 0 Å². The van der Waals surface area contributed by atoms with Crippen molar-refractivity contribution in [2.45, 2.75) is 45.6 Å². The summed E-state index contributed by atoms with van der Waals surface area (Å²) >= 11 is 0. The number of esters is 1. The second-order valence-corrected chi connectivity index (χ2v) is 3.77. The molecule has 0 amide bonds. The van der Waals surface area contributed by atoms with Gasteiger partial charge < -0.3 is 4.74 Å². The van der Waals surface area contributed by atoms with Crippen molar-refractivity contribution in [3.8, 4) is 0 Å². The van der Waals surface area contributed by atoms with Gasteiger partial charge in [-0.2, -0.15) is 0 Å². The number of carbonyl (C=O) groups excluding carboxylic acids is 1. The normalized spacial score (nSPS) is 14.0. The Morgan fingerprint density at radius 2 is 2.07 bits per heavy atom. The summed E-state index contributed by atoms with van der Waals surface area (Å²) in [6, 6.07) is 0. The Hall–Kier alpha value is -1.05. The quantitative estimate of drug-likeness (QED) is 0.265. The molecule has 0 bridgehead atoms. The molecule has 0 aliphatic heterocycles. The smallest absolute Gasteiger partial charge is 0.330 e. The lowest BCUT2D eigenvalue weighted by Gasteiger charge is -2.21. The van der Waals surface area contributed by atoms with Crippen LogP contribution in [0.3, 0.4) is 0 Å². The molecule has 0 aliphatic rings. The van der Waals surface area contributed by atoms with Crippen LogP contribution in [0, 0.1) is 5.92 Å². The number of rotatable bonds is 8. The third-order valence-electron chi connectivity index (χ3n) is 2.48.